The number of carbonyl (C=O) groups excluding carboxylic acids is 1. The molecule has 1 aromatic carbocycles. The summed E-state index contributed by atoms with van der Waals surface area (Å²) >= 11 is 0. The SMILES string of the molecule is C/C=C/COC(=O)C1CCCN(S(=O)(=O)c2ccc(F)cc2)C1. The molecule has 1 atom stereocenters. The van der Waals surface area contributed by atoms with Gasteiger partial charge in [-0.2, -0.15) is 4.31 Å². The Bertz CT molecular complexity index is 670. The Kier molecular flexibility index (Phi) is 5.90. The molecule has 0 aromatic heterocycles. The number of nitrogens with zero attached hydrogens (tertiary/aromatic N) is 1. The standard InChI is InChI=1S/C16H20FNO4S/c1-2-3-11-22-16(19)13-5-4-10-18(12-13)23(20,21)15-8-6-14(17)7-9-15/h2-3,6-9,13H,4-5,10-12H2,1H3/b3-2+. The highest BCUT2D eigenvalue weighted by molar-refractivity contribution is 7.89. The van der Waals surface area contributed by atoms with Gasteiger partial charge in [0.05, 0.1) is 10.8 Å². The summed E-state index contributed by atoms with van der Waals surface area (Å²) in [5, 5.41) is 0. The molecule has 1 saturated heterocycles. The fraction of sp³-hybridized carbons (Fsp3) is 0.438. The van der Waals surface area contributed by atoms with Gasteiger partial charge >= 0.3 is 5.97 Å². The van der Waals surface area contributed by atoms with Crippen molar-refractivity contribution in [3.8, 4) is 0 Å². The second-order valence-corrected chi connectivity index (χ2v) is 7.29. The summed E-state index contributed by atoms with van der Waals surface area (Å²) in [5.74, 6) is -1.35. The van der Waals surface area contributed by atoms with Gasteiger partial charge in [0.15, 0.2) is 0 Å². The van der Waals surface area contributed by atoms with Crippen molar-refractivity contribution in [2.45, 2.75) is 24.7 Å². The zero-order valence-electron chi connectivity index (χ0n) is 12.9. The van der Waals surface area contributed by atoms with Crippen molar-refractivity contribution in [2.24, 2.45) is 5.92 Å². The minimum Gasteiger partial charge on any atom is -0.461 e. The summed E-state index contributed by atoms with van der Waals surface area (Å²) in [6.07, 6.45) is 4.68. The number of allylic oxidation sites excluding steroid dienone is 1. The number of sulfonamides is 1. The van der Waals surface area contributed by atoms with E-state index in [9.17, 15) is 17.6 Å². The van der Waals surface area contributed by atoms with Gasteiger partial charge in [-0.3, -0.25) is 4.79 Å². The van der Waals surface area contributed by atoms with E-state index in [2.05, 4.69) is 0 Å². The number of hydrogen-bond donors (Lipinski definition) is 0. The first-order chi connectivity index (χ1) is 10.9. The first-order valence-electron chi connectivity index (χ1n) is 7.48. The Labute approximate surface area is 135 Å². The highest BCUT2D eigenvalue weighted by Gasteiger charge is 2.33. The molecule has 0 aliphatic carbocycles. The fourth-order valence-electron chi connectivity index (χ4n) is 2.45. The Morgan fingerprint density at radius 1 is 1.39 bits per heavy atom. The highest BCUT2D eigenvalue weighted by atomic mass is 32.2. The Morgan fingerprint density at radius 3 is 2.74 bits per heavy atom. The van der Waals surface area contributed by atoms with Crippen LogP contribution in [-0.4, -0.2) is 38.4 Å². The molecule has 0 radical (unpaired) electrons. The molecular weight excluding hydrogens is 321 g/mol. The number of carbonyl (C=O) groups is 1. The normalized spacial score (nSPS) is 19.8. The zero-order valence-corrected chi connectivity index (χ0v) is 13.8. The molecule has 1 aromatic rings. The molecule has 1 unspecified atom stereocenters. The average molecular weight is 341 g/mol. The van der Waals surface area contributed by atoms with E-state index in [1.165, 1.54) is 16.4 Å². The number of esters is 1. The van der Waals surface area contributed by atoms with Crippen molar-refractivity contribution in [1.29, 1.82) is 0 Å². The van der Waals surface area contributed by atoms with Crippen LogP contribution in [-0.2, 0) is 19.6 Å². The molecule has 0 bridgehead atoms. The molecule has 0 amide bonds. The number of ether oxygens (including phenoxy) is 1. The molecule has 1 aliphatic heterocycles. The maximum atomic E-state index is 13.0. The first kappa shape index (κ1) is 17.6. The second-order valence-electron chi connectivity index (χ2n) is 5.36. The molecule has 7 heteroatoms. The molecule has 0 N–H and O–H groups in total. The van der Waals surface area contributed by atoms with Crippen LogP contribution < -0.4 is 0 Å². The second kappa shape index (κ2) is 7.70. The molecule has 1 fully saturated rings. The van der Waals surface area contributed by atoms with Gasteiger partial charge in [0.1, 0.15) is 12.4 Å². The van der Waals surface area contributed by atoms with E-state index < -0.39 is 21.8 Å². The number of rotatable bonds is 5. The average Bonchev–Trinajstić information content (AvgIpc) is 2.55. The van der Waals surface area contributed by atoms with Crippen molar-refractivity contribution in [3.63, 3.8) is 0 Å². The van der Waals surface area contributed by atoms with Gasteiger partial charge in [0, 0.05) is 13.1 Å². The minimum atomic E-state index is -3.73. The summed E-state index contributed by atoms with van der Waals surface area (Å²) < 4.78 is 44.5. The van der Waals surface area contributed by atoms with E-state index in [4.69, 9.17) is 4.74 Å². The van der Waals surface area contributed by atoms with E-state index in [0.717, 1.165) is 12.1 Å². The lowest BCUT2D eigenvalue weighted by Gasteiger charge is -2.30. The van der Waals surface area contributed by atoms with Crippen LogP contribution >= 0.6 is 0 Å². The van der Waals surface area contributed by atoms with Gasteiger partial charge < -0.3 is 4.74 Å². The predicted octanol–water partition coefficient (Wildman–Crippen LogP) is 2.35. The number of hydrogen-bond acceptors (Lipinski definition) is 4. The highest BCUT2D eigenvalue weighted by Crippen LogP contribution is 2.24. The lowest BCUT2D eigenvalue weighted by atomic mass is 10.0. The van der Waals surface area contributed by atoms with E-state index >= 15 is 0 Å². The van der Waals surface area contributed by atoms with E-state index in [-0.39, 0.29) is 24.0 Å². The van der Waals surface area contributed by atoms with Gasteiger partial charge in [-0.1, -0.05) is 12.2 Å². The van der Waals surface area contributed by atoms with Crippen LogP contribution in [0.15, 0.2) is 41.3 Å². The van der Waals surface area contributed by atoms with Crippen molar-refractivity contribution in [3.05, 3.63) is 42.2 Å². The molecule has 0 spiro atoms. The van der Waals surface area contributed by atoms with Crippen molar-refractivity contribution in [1.82, 2.24) is 4.31 Å². The molecule has 1 aliphatic rings. The van der Waals surface area contributed by atoms with Crippen molar-refractivity contribution in [2.75, 3.05) is 19.7 Å². The van der Waals surface area contributed by atoms with Crippen molar-refractivity contribution >= 4 is 16.0 Å². The Hall–Kier alpha value is -1.73. The molecule has 5 nitrogen and oxygen atoms in total. The van der Waals surface area contributed by atoms with Crippen LogP contribution in [0, 0.1) is 11.7 Å². The minimum absolute atomic E-state index is 0.0295. The molecule has 1 heterocycles. The summed E-state index contributed by atoms with van der Waals surface area (Å²) in [4.78, 5) is 12.0. The summed E-state index contributed by atoms with van der Waals surface area (Å²) in [7, 11) is -3.73. The summed E-state index contributed by atoms with van der Waals surface area (Å²) in [6.45, 7) is 2.45. The van der Waals surface area contributed by atoms with E-state index in [1.54, 1.807) is 12.2 Å². The van der Waals surface area contributed by atoms with Crippen LogP contribution in [0.25, 0.3) is 0 Å². The van der Waals surface area contributed by atoms with Crippen LogP contribution in [0.5, 0.6) is 0 Å². The van der Waals surface area contributed by atoms with Crippen LogP contribution in [0.2, 0.25) is 0 Å². The molecule has 23 heavy (non-hydrogen) atoms. The third kappa shape index (κ3) is 4.39. The van der Waals surface area contributed by atoms with E-state index in [0.29, 0.717) is 19.4 Å². The third-order valence-corrected chi connectivity index (χ3v) is 5.61. The number of halogens is 1. The lowest BCUT2D eigenvalue weighted by molar-refractivity contribution is -0.148. The topological polar surface area (TPSA) is 63.7 Å². The largest absolute Gasteiger partial charge is 0.461 e. The molecule has 126 valence electrons. The lowest BCUT2D eigenvalue weighted by Crippen LogP contribution is -2.42. The quantitative estimate of drug-likeness (QED) is 0.609. The number of piperidine rings is 1. The predicted molar refractivity (Wildman–Crippen MR) is 83.7 cm³/mol. The molecule has 0 saturated carbocycles. The van der Waals surface area contributed by atoms with E-state index in [1.807, 2.05) is 6.92 Å². The molecule has 2 rings (SSSR count). The summed E-state index contributed by atoms with van der Waals surface area (Å²) in [5.41, 5.74) is 0. The molecular formula is C16H20FNO4S. The monoisotopic (exact) mass is 341 g/mol. The van der Waals surface area contributed by atoms with Crippen LogP contribution in [0.4, 0.5) is 4.39 Å². The zero-order chi connectivity index (χ0) is 16.9. The Morgan fingerprint density at radius 2 is 2.09 bits per heavy atom. The smallest absolute Gasteiger partial charge is 0.310 e. The summed E-state index contributed by atoms with van der Waals surface area (Å²) in [6, 6.07) is 4.69. The number of benzene rings is 1. The maximum Gasteiger partial charge on any atom is 0.310 e. The van der Waals surface area contributed by atoms with Gasteiger partial charge in [-0.05, 0) is 44.0 Å². The van der Waals surface area contributed by atoms with Gasteiger partial charge in [-0.15, -0.1) is 0 Å². The Balaban J connectivity index is 2.08. The van der Waals surface area contributed by atoms with Crippen LogP contribution in [0.1, 0.15) is 19.8 Å². The van der Waals surface area contributed by atoms with Gasteiger partial charge in [0.25, 0.3) is 0 Å². The fourth-order valence-corrected chi connectivity index (χ4v) is 3.98. The third-order valence-electron chi connectivity index (χ3n) is 3.73. The van der Waals surface area contributed by atoms with Gasteiger partial charge in [0.2, 0.25) is 10.0 Å². The van der Waals surface area contributed by atoms with Crippen LogP contribution in [0.3, 0.4) is 0 Å². The van der Waals surface area contributed by atoms with Gasteiger partial charge in [-0.25, -0.2) is 12.8 Å². The maximum absolute atomic E-state index is 13.0. The first-order valence-corrected chi connectivity index (χ1v) is 8.92. The van der Waals surface area contributed by atoms with Crippen molar-refractivity contribution < 1.29 is 22.3 Å².